The van der Waals surface area contributed by atoms with Gasteiger partial charge in [-0.15, -0.1) is 11.3 Å². The standard InChI is InChI=1S/C17H19N3O2S/c1-10-15-16(11(2)23-10)20(14(21)9-19(3)4)13-8-6-5-7-12(13)18-17(15)22/h5-8H,9H2,1-4H3,(H,18,22). The van der Waals surface area contributed by atoms with Crippen molar-refractivity contribution in [2.45, 2.75) is 13.8 Å². The number of anilines is 3. The van der Waals surface area contributed by atoms with E-state index in [2.05, 4.69) is 5.32 Å². The van der Waals surface area contributed by atoms with Gasteiger partial charge in [0.25, 0.3) is 5.91 Å². The third-order valence-corrected chi connectivity index (χ3v) is 4.78. The molecule has 3 rings (SSSR count). The number of nitrogens with one attached hydrogen (secondary N) is 1. The van der Waals surface area contributed by atoms with Gasteiger partial charge >= 0.3 is 0 Å². The Balaban J connectivity index is 2.26. The molecule has 0 radical (unpaired) electrons. The molecular formula is C17H19N3O2S. The third kappa shape index (κ3) is 2.64. The minimum atomic E-state index is -0.158. The second-order valence-corrected chi connectivity index (χ2v) is 7.31. The molecule has 1 aromatic heterocycles. The fourth-order valence-corrected chi connectivity index (χ4v) is 3.93. The molecule has 1 aliphatic rings. The lowest BCUT2D eigenvalue weighted by Gasteiger charge is -2.25. The molecule has 0 saturated heterocycles. The number of fused-ring (bicyclic) bond motifs is 2. The molecule has 0 unspecified atom stereocenters. The molecule has 1 aromatic carbocycles. The SMILES string of the molecule is Cc1sc(C)c2c1C(=O)Nc1ccccc1N2C(=O)CN(C)C. The predicted octanol–water partition coefficient (Wildman–Crippen LogP) is 3.16. The highest BCUT2D eigenvalue weighted by Gasteiger charge is 2.33. The summed E-state index contributed by atoms with van der Waals surface area (Å²) in [5, 5.41) is 2.93. The Labute approximate surface area is 139 Å². The molecule has 2 heterocycles. The Morgan fingerprint density at radius 3 is 2.61 bits per heavy atom. The first kappa shape index (κ1) is 15.7. The van der Waals surface area contributed by atoms with E-state index in [1.807, 2.05) is 57.1 Å². The Morgan fingerprint density at radius 1 is 1.22 bits per heavy atom. The molecule has 0 saturated carbocycles. The third-order valence-electron chi connectivity index (χ3n) is 3.77. The van der Waals surface area contributed by atoms with Gasteiger partial charge < -0.3 is 10.2 Å². The van der Waals surface area contributed by atoms with Crippen molar-refractivity contribution < 1.29 is 9.59 Å². The minimum Gasteiger partial charge on any atom is -0.320 e. The van der Waals surface area contributed by atoms with Crippen molar-refractivity contribution >= 4 is 40.2 Å². The number of amides is 2. The summed E-state index contributed by atoms with van der Waals surface area (Å²) in [4.78, 5) is 30.9. The number of carbonyl (C=O) groups is 2. The van der Waals surface area contributed by atoms with Crippen molar-refractivity contribution in [3.05, 3.63) is 39.6 Å². The molecular weight excluding hydrogens is 310 g/mol. The van der Waals surface area contributed by atoms with E-state index in [1.54, 1.807) is 16.2 Å². The Morgan fingerprint density at radius 2 is 1.91 bits per heavy atom. The fraction of sp³-hybridized carbons (Fsp3) is 0.294. The quantitative estimate of drug-likeness (QED) is 0.921. The van der Waals surface area contributed by atoms with Crippen LogP contribution in [0.3, 0.4) is 0 Å². The maximum atomic E-state index is 12.9. The fourth-order valence-electron chi connectivity index (χ4n) is 2.89. The van der Waals surface area contributed by atoms with Crippen LogP contribution in [0.5, 0.6) is 0 Å². The van der Waals surface area contributed by atoms with Crippen molar-refractivity contribution in [3.63, 3.8) is 0 Å². The van der Waals surface area contributed by atoms with E-state index in [1.165, 1.54) is 0 Å². The summed E-state index contributed by atoms with van der Waals surface area (Å²) in [5.74, 6) is -0.212. The van der Waals surface area contributed by atoms with Gasteiger partial charge in [0.1, 0.15) is 0 Å². The average Bonchev–Trinajstić information content (AvgIpc) is 2.67. The van der Waals surface area contributed by atoms with Crippen molar-refractivity contribution in [2.75, 3.05) is 30.9 Å². The number of benzene rings is 1. The summed E-state index contributed by atoms with van der Waals surface area (Å²) in [5.41, 5.74) is 2.68. The van der Waals surface area contributed by atoms with Crippen LogP contribution < -0.4 is 10.2 Å². The minimum absolute atomic E-state index is 0.0545. The van der Waals surface area contributed by atoms with Gasteiger partial charge in [0.05, 0.1) is 29.2 Å². The maximum Gasteiger partial charge on any atom is 0.258 e. The first-order chi connectivity index (χ1) is 10.9. The van der Waals surface area contributed by atoms with E-state index in [0.29, 0.717) is 22.6 Å². The topological polar surface area (TPSA) is 52.7 Å². The summed E-state index contributed by atoms with van der Waals surface area (Å²) in [7, 11) is 3.72. The van der Waals surface area contributed by atoms with Crippen molar-refractivity contribution in [2.24, 2.45) is 0 Å². The molecule has 1 aliphatic heterocycles. The average molecular weight is 329 g/mol. The zero-order valence-corrected chi connectivity index (χ0v) is 14.5. The number of nitrogens with zero attached hydrogens (tertiary/aromatic N) is 2. The number of hydrogen-bond acceptors (Lipinski definition) is 4. The zero-order valence-electron chi connectivity index (χ0n) is 13.6. The number of hydrogen-bond donors (Lipinski definition) is 1. The van der Waals surface area contributed by atoms with Crippen LogP contribution in [0.25, 0.3) is 0 Å². The Bertz CT molecular complexity index is 795. The first-order valence-corrected chi connectivity index (χ1v) is 8.20. The summed E-state index contributed by atoms with van der Waals surface area (Å²) in [6.45, 7) is 4.14. The predicted molar refractivity (Wildman–Crippen MR) is 93.9 cm³/mol. The van der Waals surface area contributed by atoms with Crippen LogP contribution in [0.4, 0.5) is 17.1 Å². The molecule has 0 spiro atoms. The second kappa shape index (κ2) is 5.79. The van der Waals surface area contributed by atoms with Crippen molar-refractivity contribution in [1.82, 2.24) is 4.90 Å². The molecule has 6 heteroatoms. The molecule has 2 aromatic rings. The van der Waals surface area contributed by atoms with Gasteiger partial charge in [-0.05, 0) is 40.1 Å². The second-order valence-electron chi connectivity index (χ2n) is 5.88. The largest absolute Gasteiger partial charge is 0.320 e. The molecule has 0 fully saturated rings. The number of rotatable bonds is 2. The van der Waals surface area contributed by atoms with E-state index < -0.39 is 0 Å². The molecule has 0 atom stereocenters. The van der Waals surface area contributed by atoms with Crippen LogP contribution in [0.1, 0.15) is 20.1 Å². The van der Waals surface area contributed by atoms with Gasteiger partial charge in [-0.2, -0.15) is 0 Å². The summed E-state index contributed by atoms with van der Waals surface area (Å²) < 4.78 is 0. The van der Waals surface area contributed by atoms with Crippen LogP contribution >= 0.6 is 11.3 Å². The molecule has 120 valence electrons. The number of thiophene rings is 1. The van der Waals surface area contributed by atoms with E-state index in [0.717, 1.165) is 9.75 Å². The van der Waals surface area contributed by atoms with Crippen LogP contribution in [0, 0.1) is 13.8 Å². The number of para-hydroxylation sites is 2. The highest BCUT2D eigenvalue weighted by atomic mass is 32.1. The van der Waals surface area contributed by atoms with E-state index in [-0.39, 0.29) is 18.4 Å². The normalized spacial score (nSPS) is 13.4. The Kier molecular flexibility index (Phi) is 3.95. The number of carbonyl (C=O) groups excluding carboxylic acids is 2. The van der Waals surface area contributed by atoms with Crippen molar-refractivity contribution in [1.29, 1.82) is 0 Å². The summed E-state index contributed by atoms with van der Waals surface area (Å²) in [6.07, 6.45) is 0. The van der Waals surface area contributed by atoms with Crippen LogP contribution in [-0.2, 0) is 4.79 Å². The molecule has 23 heavy (non-hydrogen) atoms. The van der Waals surface area contributed by atoms with Gasteiger partial charge in [-0.3, -0.25) is 14.5 Å². The monoisotopic (exact) mass is 329 g/mol. The highest BCUT2D eigenvalue weighted by Crippen LogP contribution is 2.44. The van der Waals surface area contributed by atoms with Gasteiger partial charge in [0.15, 0.2) is 0 Å². The maximum absolute atomic E-state index is 12.9. The highest BCUT2D eigenvalue weighted by molar-refractivity contribution is 7.13. The molecule has 1 N–H and O–H groups in total. The number of aryl methyl sites for hydroxylation is 2. The van der Waals surface area contributed by atoms with Gasteiger partial charge in [-0.25, -0.2) is 0 Å². The van der Waals surface area contributed by atoms with Gasteiger partial charge in [-0.1, -0.05) is 12.1 Å². The van der Waals surface area contributed by atoms with Gasteiger partial charge in [0, 0.05) is 9.75 Å². The molecule has 2 amide bonds. The summed E-state index contributed by atoms with van der Waals surface area (Å²) >= 11 is 1.54. The lowest BCUT2D eigenvalue weighted by atomic mass is 10.1. The number of likely N-dealkylation sites (N-methyl/N-ethyl adjacent to an activating group) is 1. The molecule has 0 aliphatic carbocycles. The lowest BCUT2D eigenvalue weighted by molar-refractivity contribution is -0.118. The van der Waals surface area contributed by atoms with E-state index >= 15 is 0 Å². The molecule has 0 bridgehead atoms. The zero-order chi connectivity index (χ0) is 16.7. The van der Waals surface area contributed by atoms with Crippen LogP contribution in [-0.4, -0.2) is 37.4 Å². The van der Waals surface area contributed by atoms with Gasteiger partial charge in [0.2, 0.25) is 5.91 Å². The van der Waals surface area contributed by atoms with Crippen LogP contribution in [0.15, 0.2) is 24.3 Å². The van der Waals surface area contributed by atoms with Crippen molar-refractivity contribution in [3.8, 4) is 0 Å². The molecule has 5 nitrogen and oxygen atoms in total. The van der Waals surface area contributed by atoms with Crippen LogP contribution in [0.2, 0.25) is 0 Å². The van der Waals surface area contributed by atoms with E-state index in [4.69, 9.17) is 0 Å². The van der Waals surface area contributed by atoms with E-state index in [9.17, 15) is 9.59 Å². The summed E-state index contributed by atoms with van der Waals surface area (Å²) in [6, 6.07) is 7.42. The first-order valence-electron chi connectivity index (χ1n) is 7.38. The smallest absolute Gasteiger partial charge is 0.258 e. The Hall–Kier alpha value is -2.18. The lowest BCUT2D eigenvalue weighted by Crippen LogP contribution is -2.35.